The smallest absolute Gasteiger partial charge is 0.336 e. The summed E-state index contributed by atoms with van der Waals surface area (Å²) in [6.45, 7) is 9.15. The van der Waals surface area contributed by atoms with Crippen molar-refractivity contribution in [3.05, 3.63) is 65.7 Å². The molecule has 0 heterocycles. The van der Waals surface area contributed by atoms with Gasteiger partial charge in [0.05, 0.1) is 6.61 Å². The maximum Gasteiger partial charge on any atom is 0.336 e. The van der Waals surface area contributed by atoms with Gasteiger partial charge in [0.2, 0.25) is 0 Å². The lowest BCUT2D eigenvalue weighted by molar-refractivity contribution is -0.128. The van der Waals surface area contributed by atoms with Crippen LogP contribution < -0.4 is 9.47 Å². The molecular weight excluding hydrogens is 312 g/mol. The molecule has 0 radical (unpaired) electrons. The number of esters is 1. The van der Waals surface area contributed by atoms with E-state index in [9.17, 15) is 4.79 Å². The van der Waals surface area contributed by atoms with Gasteiger partial charge in [-0.3, -0.25) is 0 Å². The number of ether oxygens (including phenoxy) is 2. The second kappa shape index (κ2) is 8.52. The summed E-state index contributed by atoms with van der Waals surface area (Å²) in [5.74, 6) is 0.898. The third kappa shape index (κ3) is 5.79. The zero-order valence-electron chi connectivity index (χ0n) is 15.4. The molecule has 3 nitrogen and oxygen atoms in total. The number of para-hydroxylation sites is 1. The van der Waals surface area contributed by atoms with Crippen molar-refractivity contribution in [2.24, 2.45) is 0 Å². The van der Waals surface area contributed by atoms with E-state index in [0.717, 1.165) is 17.7 Å². The molecule has 0 saturated heterocycles. The summed E-state index contributed by atoms with van der Waals surface area (Å²) < 4.78 is 11.0. The van der Waals surface area contributed by atoms with E-state index in [1.165, 1.54) is 11.6 Å². The van der Waals surface area contributed by atoms with E-state index in [2.05, 4.69) is 27.7 Å². The fourth-order valence-electron chi connectivity index (χ4n) is 2.29. The van der Waals surface area contributed by atoms with E-state index < -0.39 is 5.97 Å². The van der Waals surface area contributed by atoms with Crippen LogP contribution in [0.1, 0.15) is 45.2 Å². The van der Waals surface area contributed by atoms with Crippen LogP contribution in [0.25, 0.3) is 6.08 Å². The summed E-state index contributed by atoms with van der Waals surface area (Å²) in [6.07, 6.45) is 4.08. The van der Waals surface area contributed by atoms with Gasteiger partial charge in [-0.2, -0.15) is 0 Å². The van der Waals surface area contributed by atoms with E-state index in [4.69, 9.17) is 9.47 Å². The Balaban J connectivity index is 2.02. The van der Waals surface area contributed by atoms with E-state index in [-0.39, 0.29) is 5.41 Å². The van der Waals surface area contributed by atoms with Gasteiger partial charge in [-0.1, -0.05) is 58.0 Å². The molecular formula is C22H26O3. The monoisotopic (exact) mass is 338 g/mol. The standard InChI is InChI=1S/C22H26O3/c1-5-16-24-20-9-7-6-8-17(20)10-15-21(23)25-19-13-11-18(12-14-19)22(2,3)4/h6-15H,5,16H2,1-4H3/b15-10+. The van der Waals surface area contributed by atoms with Gasteiger partial charge in [0.1, 0.15) is 11.5 Å². The van der Waals surface area contributed by atoms with Crippen molar-refractivity contribution in [2.45, 2.75) is 39.5 Å². The Morgan fingerprint density at radius 2 is 1.72 bits per heavy atom. The van der Waals surface area contributed by atoms with Gasteiger partial charge >= 0.3 is 5.97 Å². The van der Waals surface area contributed by atoms with E-state index in [1.54, 1.807) is 6.08 Å². The van der Waals surface area contributed by atoms with Crippen molar-refractivity contribution < 1.29 is 14.3 Å². The normalized spacial score (nSPS) is 11.5. The van der Waals surface area contributed by atoms with Crippen LogP contribution in [0.4, 0.5) is 0 Å². The van der Waals surface area contributed by atoms with Gasteiger partial charge in [-0.15, -0.1) is 0 Å². The first kappa shape index (κ1) is 18.8. The molecule has 0 aliphatic rings. The number of hydrogen-bond acceptors (Lipinski definition) is 3. The molecule has 3 heteroatoms. The molecule has 2 rings (SSSR count). The zero-order valence-corrected chi connectivity index (χ0v) is 15.4. The molecule has 0 atom stereocenters. The fraction of sp³-hybridized carbons (Fsp3) is 0.318. The number of carbonyl (C=O) groups excluding carboxylic acids is 1. The minimum absolute atomic E-state index is 0.0740. The number of rotatable bonds is 6. The summed E-state index contributed by atoms with van der Waals surface area (Å²) in [6, 6.07) is 15.3. The molecule has 2 aromatic rings. The van der Waals surface area contributed by atoms with Crippen molar-refractivity contribution in [3.8, 4) is 11.5 Å². The van der Waals surface area contributed by atoms with Crippen molar-refractivity contribution in [1.82, 2.24) is 0 Å². The summed E-state index contributed by atoms with van der Waals surface area (Å²) in [5.41, 5.74) is 2.13. The van der Waals surface area contributed by atoms with E-state index in [1.807, 2.05) is 48.5 Å². The van der Waals surface area contributed by atoms with Crippen LogP contribution >= 0.6 is 0 Å². The molecule has 0 spiro atoms. The quantitative estimate of drug-likeness (QED) is 0.402. The van der Waals surface area contributed by atoms with Crippen LogP contribution in [0.3, 0.4) is 0 Å². The second-order valence-electron chi connectivity index (χ2n) is 6.92. The van der Waals surface area contributed by atoms with Crippen molar-refractivity contribution in [2.75, 3.05) is 6.61 Å². The molecule has 25 heavy (non-hydrogen) atoms. The third-order valence-corrected chi connectivity index (χ3v) is 3.72. The van der Waals surface area contributed by atoms with Crippen LogP contribution in [0.2, 0.25) is 0 Å². The topological polar surface area (TPSA) is 35.5 Å². The summed E-state index contributed by atoms with van der Waals surface area (Å²) in [7, 11) is 0. The Bertz CT molecular complexity index is 722. The SMILES string of the molecule is CCCOc1ccccc1/C=C/C(=O)Oc1ccc(C(C)(C)C)cc1. The highest BCUT2D eigenvalue weighted by atomic mass is 16.5. The van der Waals surface area contributed by atoms with Gasteiger partial charge in [0, 0.05) is 11.6 Å². The average molecular weight is 338 g/mol. The van der Waals surface area contributed by atoms with Crippen LogP contribution in [-0.4, -0.2) is 12.6 Å². The number of hydrogen-bond donors (Lipinski definition) is 0. The van der Waals surface area contributed by atoms with Gasteiger partial charge in [0.25, 0.3) is 0 Å². The Morgan fingerprint density at radius 3 is 2.36 bits per heavy atom. The Labute approximate surface area is 150 Å². The summed E-state index contributed by atoms with van der Waals surface area (Å²) >= 11 is 0. The minimum Gasteiger partial charge on any atom is -0.493 e. The van der Waals surface area contributed by atoms with Crippen LogP contribution in [0.5, 0.6) is 11.5 Å². The molecule has 132 valence electrons. The lowest BCUT2D eigenvalue weighted by Crippen LogP contribution is -2.11. The van der Waals surface area contributed by atoms with Crippen LogP contribution in [-0.2, 0) is 10.2 Å². The first-order chi connectivity index (χ1) is 11.9. The molecule has 0 bridgehead atoms. The lowest BCUT2D eigenvalue weighted by atomic mass is 9.87. The number of benzene rings is 2. The largest absolute Gasteiger partial charge is 0.493 e. The third-order valence-electron chi connectivity index (χ3n) is 3.72. The van der Waals surface area contributed by atoms with E-state index >= 15 is 0 Å². The molecule has 0 fully saturated rings. The molecule has 0 unspecified atom stereocenters. The maximum absolute atomic E-state index is 12.0. The van der Waals surface area contributed by atoms with Gasteiger partial charge in [0.15, 0.2) is 0 Å². The van der Waals surface area contributed by atoms with Gasteiger partial charge in [-0.05, 0) is 41.7 Å². The van der Waals surface area contributed by atoms with Gasteiger partial charge < -0.3 is 9.47 Å². The molecule has 0 amide bonds. The highest BCUT2D eigenvalue weighted by Gasteiger charge is 2.13. The van der Waals surface area contributed by atoms with Crippen LogP contribution in [0, 0.1) is 0 Å². The van der Waals surface area contributed by atoms with Gasteiger partial charge in [-0.25, -0.2) is 4.79 Å². The molecule has 0 N–H and O–H groups in total. The van der Waals surface area contributed by atoms with Crippen molar-refractivity contribution in [1.29, 1.82) is 0 Å². The number of carbonyl (C=O) groups is 1. The van der Waals surface area contributed by atoms with Crippen molar-refractivity contribution >= 4 is 12.0 Å². The first-order valence-corrected chi connectivity index (χ1v) is 8.62. The summed E-state index contributed by atoms with van der Waals surface area (Å²) in [4.78, 5) is 12.0. The Hall–Kier alpha value is -2.55. The molecule has 0 saturated carbocycles. The Morgan fingerprint density at radius 1 is 1.04 bits per heavy atom. The van der Waals surface area contributed by atoms with Crippen molar-refractivity contribution in [3.63, 3.8) is 0 Å². The maximum atomic E-state index is 12.0. The zero-order chi connectivity index (χ0) is 18.3. The predicted octanol–water partition coefficient (Wildman–Crippen LogP) is 5.39. The molecule has 0 aliphatic heterocycles. The highest BCUT2D eigenvalue weighted by molar-refractivity contribution is 5.89. The second-order valence-corrected chi connectivity index (χ2v) is 6.92. The Kier molecular flexibility index (Phi) is 6.40. The molecule has 0 aromatic heterocycles. The first-order valence-electron chi connectivity index (χ1n) is 8.62. The minimum atomic E-state index is -0.409. The van der Waals surface area contributed by atoms with E-state index in [0.29, 0.717) is 12.4 Å². The molecule has 0 aliphatic carbocycles. The summed E-state index contributed by atoms with van der Waals surface area (Å²) in [5, 5.41) is 0. The lowest BCUT2D eigenvalue weighted by Gasteiger charge is -2.18. The van der Waals surface area contributed by atoms with Crippen LogP contribution in [0.15, 0.2) is 54.6 Å². The average Bonchev–Trinajstić information content (AvgIpc) is 2.58. The predicted molar refractivity (Wildman–Crippen MR) is 102 cm³/mol. The highest BCUT2D eigenvalue weighted by Crippen LogP contribution is 2.24. The molecule has 2 aromatic carbocycles. The fourth-order valence-corrected chi connectivity index (χ4v) is 2.29.